The van der Waals surface area contributed by atoms with Crippen LogP contribution in [0.2, 0.25) is 0 Å². The molecular formula is C9H17NO2. The maximum Gasteiger partial charge on any atom is 0.0615 e. The number of ether oxygens (including phenoxy) is 1. The Balaban J connectivity index is 1.95. The van der Waals surface area contributed by atoms with E-state index < -0.39 is 0 Å². The van der Waals surface area contributed by atoms with Crippen molar-refractivity contribution in [3.63, 3.8) is 0 Å². The lowest BCUT2D eigenvalue weighted by Gasteiger charge is -2.50. The number of nitrogens with zero attached hydrogens (tertiary/aromatic N) is 1. The number of aliphatic hydroxyl groups excluding tert-OH is 1. The van der Waals surface area contributed by atoms with Crippen LogP contribution in [-0.4, -0.2) is 48.5 Å². The van der Waals surface area contributed by atoms with Crippen LogP contribution in [0.25, 0.3) is 0 Å². The molecule has 0 bridgehead atoms. The van der Waals surface area contributed by atoms with Gasteiger partial charge in [0.25, 0.3) is 0 Å². The van der Waals surface area contributed by atoms with Crippen LogP contribution in [0.15, 0.2) is 0 Å². The van der Waals surface area contributed by atoms with Crippen LogP contribution in [0.4, 0.5) is 0 Å². The van der Waals surface area contributed by atoms with Crippen molar-refractivity contribution in [1.82, 2.24) is 4.90 Å². The van der Waals surface area contributed by atoms with Gasteiger partial charge < -0.3 is 9.84 Å². The molecule has 0 aromatic heterocycles. The molecule has 2 rings (SSSR count). The summed E-state index contributed by atoms with van der Waals surface area (Å²) < 4.78 is 5.28. The van der Waals surface area contributed by atoms with Crippen LogP contribution in [0.5, 0.6) is 0 Å². The lowest BCUT2D eigenvalue weighted by atomic mass is 9.76. The van der Waals surface area contributed by atoms with E-state index in [-0.39, 0.29) is 5.54 Å². The van der Waals surface area contributed by atoms with Gasteiger partial charge in [-0.3, -0.25) is 4.90 Å². The van der Waals surface area contributed by atoms with Crippen LogP contribution < -0.4 is 0 Å². The highest BCUT2D eigenvalue weighted by Gasteiger charge is 2.42. The third-order valence-electron chi connectivity index (χ3n) is 3.26. The molecule has 0 spiro atoms. The van der Waals surface area contributed by atoms with E-state index in [4.69, 9.17) is 4.74 Å². The average Bonchev–Trinajstić information content (AvgIpc) is 2.05. The van der Waals surface area contributed by atoms with Gasteiger partial charge in [-0.05, 0) is 19.3 Å². The minimum absolute atomic E-state index is 0.143. The fourth-order valence-corrected chi connectivity index (χ4v) is 2.20. The third kappa shape index (κ3) is 1.26. The Kier molecular flexibility index (Phi) is 2.35. The minimum Gasteiger partial charge on any atom is -0.394 e. The van der Waals surface area contributed by atoms with Crippen molar-refractivity contribution >= 4 is 0 Å². The zero-order valence-corrected chi connectivity index (χ0v) is 7.46. The van der Waals surface area contributed by atoms with Crippen LogP contribution >= 0.6 is 0 Å². The number of hydrogen-bond donors (Lipinski definition) is 1. The van der Waals surface area contributed by atoms with Gasteiger partial charge in [-0.1, -0.05) is 0 Å². The summed E-state index contributed by atoms with van der Waals surface area (Å²) in [7, 11) is 0. The number of rotatable bonds is 2. The third-order valence-corrected chi connectivity index (χ3v) is 3.26. The lowest BCUT2D eigenvalue weighted by molar-refractivity contribution is -0.0791. The van der Waals surface area contributed by atoms with Crippen LogP contribution in [0.1, 0.15) is 19.3 Å². The van der Waals surface area contributed by atoms with Crippen molar-refractivity contribution in [2.24, 2.45) is 0 Å². The first-order chi connectivity index (χ1) is 5.87. The van der Waals surface area contributed by atoms with Crippen molar-refractivity contribution in [2.45, 2.75) is 24.8 Å². The van der Waals surface area contributed by atoms with Gasteiger partial charge in [-0.25, -0.2) is 0 Å². The molecule has 2 fully saturated rings. The van der Waals surface area contributed by atoms with Gasteiger partial charge in [0.1, 0.15) is 0 Å². The van der Waals surface area contributed by atoms with Gasteiger partial charge in [0, 0.05) is 18.6 Å². The highest BCUT2D eigenvalue weighted by molar-refractivity contribution is 4.98. The Labute approximate surface area is 73.3 Å². The van der Waals surface area contributed by atoms with Crippen molar-refractivity contribution in [3.8, 4) is 0 Å². The van der Waals surface area contributed by atoms with E-state index in [1.165, 1.54) is 19.3 Å². The molecule has 2 aliphatic rings. The molecule has 1 saturated heterocycles. The SMILES string of the molecule is OCC1(N2CCOCC2)CCC1. The van der Waals surface area contributed by atoms with Crippen LogP contribution in [0, 0.1) is 0 Å². The van der Waals surface area contributed by atoms with E-state index in [0.29, 0.717) is 6.61 Å². The first-order valence-corrected chi connectivity index (χ1v) is 4.81. The predicted octanol–water partition coefficient (Wildman–Crippen LogP) is 0.234. The first kappa shape index (κ1) is 8.48. The maximum atomic E-state index is 9.31. The molecule has 0 aromatic rings. The minimum atomic E-state index is 0.143. The van der Waals surface area contributed by atoms with Crippen molar-refractivity contribution < 1.29 is 9.84 Å². The molecule has 1 N–H and O–H groups in total. The van der Waals surface area contributed by atoms with E-state index in [2.05, 4.69) is 4.90 Å². The summed E-state index contributed by atoms with van der Waals surface area (Å²) in [5, 5.41) is 9.31. The molecule has 0 radical (unpaired) electrons. The molecular weight excluding hydrogens is 154 g/mol. The maximum absolute atomic E-state index is 9.31. The second-order valence-electron chi connectivity index (χ2n) is 3.84. The standard InChI is InChI=1S/C9H17NO2/c11-8-9(2-1-3-9)10-4-6-12-7-5-10/h11H,1-8H2. The molecule has 1 heterocycles. The number of morpholine rings is 1. The summed E-state index contributed by atoms with van der Waals surface area (Å²) in [4.78, 5) is 2.40. The van der Waals surface area contributed by atoms with E-state index >= 15 is 0 Å². The number of hydrogen-bond acceptors (Lipinski definition) is 3. The van der Waals surface area contributed by atoms with E-state index in [1.54, 1.807) is 0 Å². The fraction of sp³-hybridized carbons (Fsp3) is 1.00. The Morgan fingerprint density at radius 3 is 2.33 bits per heavy atom. The Morgan fingerprint density at radius 1 is 1.25 bits per heavy atom. The van der Waals surface area contributed by atoms with Crippen molar-refractivity contribution in [3.05, 3.63) is 0 Å². The van der Waals surface area contributed by atoms with E-state index in [9.17, 15) is 5.11 Å². The van der Waals surface area contributed by atoms with Gasteiger partial charge in [0.2, 0.25) is 0 Å². The lowest BCUT2D eigenvalue weighted by Crippen LogP contribution is -2.59. The van der Waals surface area contributed by atoms with Gasteiger partial charge in [-0.15, -0.1) is 0 Å². The summed E-state index contributed by atoms with van der Waals surface area (Å²) in [6.07, 6.45) is 3.62. The molecule has 1 saturated carbocycles. The molecule has 0 aromatic carbocycles. The second-order valence-corrected chi connectivity index (χ2v) is 3.84. The molecule has 3 nitrogen and oxygen atoms in total. The van der Waals surface area contributed by atoms with Gasteiger partial charge in [0.15, 0.2) is 0 Å². The zero-order chi connectivity index (χ0) is 8.44. The summed E-state index contributed by atoms with van der Waals surface area (Å²) in [5.41, 5.74) is 0.143. The highest BCUT2D eigenvalue weighted by atomic mass is 16.5. The average molecular weight is 171 g/mol. The molecule has 12 heavy (non-hydrogen) atoms. The van der Waals surface area contributed by atoms with Gasteiger partial charge in [0.05, 0.1) is 19.8 Å². The van der Waals surface area contributed by atoms with Crippen LogP contribution in [-0.2, 0) is 4.74 Å². The summed E-state index contributed by atoms with van der Waals surface area (Å²) in [6.45, 7) is 4.00. The van der Waals surface area contributed by atoms with E-state index in [1.807, 2.05) is 0 Å². The molecule has 0 atom stereocenters. The Bertz CT molecular complexity index is 145. The predicted molar refractivity (Wildman–Crippen MR) is 46.1 cm³/mol. The van der Waals surface area contributed by atoms with Crippen molar-refractivity contribution in [2.75, 3.05) is 32.9 Å². The summed E-state index contributed by atoms with van der Waals surface area (Å²) in [5.74, 6) is 0. The number of aliphatic hydroxyl groups is 1. The molecule has 3 heteroatoms. The van der Waals surface area contributed by atoms with Crippen molar-refractivity contribution in [1.29, 1.82) is 0 Å². The quantitative estimate of drug-likeness (QED) is 0.645. The molecule has 70 valence electrons. The fourth-order valence-electron chi connectivity index (χ4n) is 2.20. The smallest absolute Gasteiger partial charge is 0.0615 e. The summed E-state index contributed by atoms with van der Waals surface area (Å²) >= 11 is 0. The second kappa shape index (κ2) is 3.32. The van der Waals surface area contributed by atoms with Gasteiger partial charge >= 0.3 is 0 Å². The normalized spacial score (nSPS) is 29.8. The monoisotopic (exact) mass is 171 g/mol. The molecule has 1 aliphatic carbocycles. The summed E-state index contributed by atoms with van der Waals surface area (Å²) in [6, 6.07) is 0. The molecule has 0 unspecified atom stereocenters. The largest absolute Gasteiger partial charge is 0.394 e. The highest BCUT2D eigenvalue weighted by Crippen LogP contribution is 2.37. The van der Waals surface area contributed by atoms with E-state index in [0.717, 1.165) is 26.3 Å². The van der Waals surface area contributed by atoms with Crippen LogP contribution in [0.3, 0.4) is 0 Å². The molecule has 1 aliphatic heterocycles. The molecule has 0 amide bonds. The Morgan fingerprint density at radius 2 is 1.92 bits per heavy atom. The Hall–Kier alpha value is -0.120. The topological polar surface area (TPSA) is 32.7 Å². The first-order valence-electron chi connectivity index (χ1n) is 4.81. The zero-order valence-electron chi connectivity index (χ0n) is 7.46. The van der Waals surface area contributed by atoms with Gasteiger partial charge in [-0.2, -0.15) is 0 Å².